The highest BCUT2D eigenvalue weighted by molar-refractivity contribution is 5.76. The van der Waals surface area contributed by atoms with Gasteiger partial charge in [0, 0.05) is 6.04 Å². The molecule has 1 aliphatic carbocycles. The van der Waals surface area contributed by atoms with Crippen molar-refractivity contribution in [2.75, 3.05) is 6.54 Å². The van der Waals surface area contributed by atoms with Crippen LogP contribution in [0.25, 0.3) is 11.0 Å². The largest absolute Gasteiger partial charge is 0.324 e. The molecule has 0 spiro atoms. The predicted molar refractivity (Wildman–Crippen MR) is 72.5 cm³/mol. The maximum Gasteiger partial charge on any atom is 0.127 e. The molecule has 18 heavy (non-hydrogen) atoms. The number of rotatable bonds is 2. The number of nitrogens with one attached hydrogen (secondary N) is 1. The molecule has 3 nitrogen and oxygen atoms in total. The molecule has 2 heterocycles. The van der Waals surface area contributed by atoms with E-state index in [9.17, 15) is 0 Å². The van der Waals surface area contributed by atoms with E-state index in [1.807, 2.05) is 0 Å². The second-order valence-corrected chi connectivity index (χ2v) is 5.76. The maximum absolute atomic E-state index is 4.91. The van der Waals surface area contributed by atoms with E-state index in [0.29, 0.717) is 18.0 Å². The summed E-state index contributed by atoms with van der Waals surface area (Å²) < 4.78 is 2.49. The van der Waals surface area contributed by atoms with Crippen molar-refractivity contribution in [2.45, 2.75) is 38.3 Å². The Balaban J connectivity index is 1.90. The van der Waals surface area contributed by atoms with Crippen molar-refractivity contribution in [3.05, 3.63) is 30.1 Å². The summed E-state index contributed by atoms with van der Waals surface area (Å²) in [5, 5.41) is 3.62. The first kappa shape index (κ1) is 10.6. The van der Waals surface area contributed by atoms with E-state index in [-0.39, 0.29) is 0 Å². The van der Waals surface area contributed by atoms with Crippen LogP contribution in [0, 0.1) is 5.92 Å². The summed E-state index contributed by atoms with van der Waals surface area (Å²) >= 11 is 0. The van der Waals surface area contributed by atoms with E-state index in [4.69, 9.17) is 4.98 Å². The Morgan fingerprint density at radius 2 is 2.06 bits per heavy atom. The van der Waals surface area contributed by atoms with Crippen LogP contribution in [0.1, 0.15) is 44.1 Å². The summed E-state index contributed by atoms with van der Waals surface area (Å²) in [6.45, 7) is 3.46. The summed E-state index contributed by atoms with van der Waals surface area (Å²) in [6.07, 6.45) is 3.89. The van der Waals surface area contributed by atoms with Gasteiger partial charge in [-0.1, -0.05) is 19.1 Å². The van der Waals surface area contributed by atoms with Gasteiger partial charge in [-0.15, -0.1) is 0 Å². The van der Waals surface area contributed by atoms with E-state index in [1.54, 1.807) is 0 Å². The van der Waals surface area contributed by atoms with Crippen molar-refractivity contribution in [2.24, 2.45) is 5.92 Å². The molecule has 0 amide bonds. The molecular formula is C15H19N3. The molecule has 1 aromatic carbocycles. The van der Waals surface area contributed by atoms with Crippen LogP contribution >= 0.6 is 0 Å². The molecule has 4 rings (SSSR count). The van der Waals surface area contributed by atoms with Crippen LogP contribution in [0.3, 0.4) is 0 Å². The minimum Gasteiger partial charge on any atom is -0.324 e. The topological polar surface area (TPSA) is 29.9 Å². The SMILES string of the molecule is CC1CCNC1c1nc2ccccc2n1C1CC1. The van der Waals surface area contributed by atoms with Gasteiger partial charge in [0.25, 0.3) is 0 Å². The molecule has 1 saturated heterocycles. The van der Waals surface area contributed by atoms with E-state index >= 15 is 0 Å². The van der Waals surface area contributed by atoms with E-state index in [2.05, 4.69) is 41.1 Å². The Hall–Kier alpha value is -1.35. The summed E-state index contributed by atoms with van der Waals surface area (Å²) in [4.78, 5) is 4.91. The third-order valence-corrected chi connectivity index (χ3v) is 4.35. The van der Waals surface area contributed by atoms with Gasteiger partial charge in [0.05, 0.1) is 17.1 Å². The highest BCUT2D eigenvalue weighted by Crippen LogP contribution is 2.41. The van der Waals surface area contributed by atoms with Crippen LogP contribution in [0.4, 0.5) is 0 Å². The lowest BCUT2D eigenvalue weighted by molar-refractivity contribution is 0.460. The number of imidazole rings is 1. The lowest BCUT2D eigenvalue weighted by Gasteiger charge is -2.17. The monoisotopic (exact) mass is 241 g/mol. The van der Waals surface area contributed by atoms with Gasteiger partial charge in [0.1, 0.15) is 5.82 Å². The molecule has 0 bridgehead atoms. The number of hydrogen-bond donors (Lipinski definition) is 1. The van der Waals surface area contributed by atoms with Crippen LogP contribution in [-0.2, 0) is 0 Å². The van der Waals surface area contributed by atoms with Crippen molar-refractivity contribution < 1.29 is 0 Å². The molecule has 2 aliphatic rings. The Bertz CT molecular complexity index is 582. The fourth-order valence-electron chi connectivity index (χ4n) is 3.18. The second kappa shape index (κ2) is 3.82. The van der Waals surface area contributed by atoms with Crippen LogP contribution in [0.5, 0.6) is 0 Å². The zero-order valence-corrected chi connectivity index (χ0v) is 10.8. The van der Waals surface area contributed by atoms with Gasteiger partial charge in [-0.25, -0.2) is 4.98 Å². The number of hydrogen-bond acceptors (Lipinski definition) is 2. The minimum atomic E-state index is 0.443. The average molecular weight is 241 g/mol. The van der Waals surface area contributed by atoms with Crippen molar-refractivity contribution in [3.8, 4) is 0 Å². The average Bonchev–Trinajstić information content (AvgIpc) is 3.01. The summed E-state index contributed by atoms with van der Waals surface area (Å²) in [5.74, 6) is 1.96. The first-order chi connectivity index (χ1) is 8.84. The summed E-state index contributed by atoms with van der Waals surface area (Å²) in [7, 11) is 0. The minimum absolute atomic E-state index is 0.443. The smallest absolute Gasteiger partial charge is 0.127 e. The fourth-order valence-corrected chi connectivity index (χ4v) is 3.18. The number of benzene rings is 1. The van der Waals surface area contributed by atoms with Crippen molar-refractivity contribution >= 4 is 11.0 Å². The zero-order chi connectivity index (χ0) is 12.1. The van der Waals surface area contributed by atoms with Gasteiger partial charge in [-0.2, -0.15) is 0 Å². The molecule has 2 atom stereocenters. The quantitative estimate of drug-likeness (QED) is 0.875. The van der Waals surface area contributed by atoms with Gasteiger partial charge >= 0.3 is 0 Å². The standard InChI is InChI=1S/C15H19N3/c1-10-8-9-16-14(10)15-17-12-4-2-3-5-13(12)18(15)11-6-7-11/h2-5,10-11,14,16H,6-9H2,1H3. The third-order valence-electron chi connectivity index (χ3n) is 4.35. The third kappa shape index (κ3) is 1.50. The molecule has 3 heteroatoms. The Morgan fingerprint density at radius 3 is 2.78 bits per heavy atom. The van der Waals surface area contributed by atoms with Crippen molar-refractivity contribution in [3.63, 3.8) is 0 Å². The van der Waals surface area contributed by atoms with Crippen LogP contribution in [-0.4, -0.2) is 16.1 Å². The number of nitrogens with zero attached hydrogens (tertiary/aromatic N) is 2. The summed E-state index contributed by atoms with van der Waals surface area (Å²) in [5.41, 5.74) is 2.47. The predicted octanol–water partition coefficient (Wildman–Crippen LogP) is 3.04. The first-order valence-corrected chi connectivity index (χ1v) is 7.05. The number of para-hydroxylation sites is 2. The molecule has 1 saturated carbocycles. The van der Waals surface area contributed by atoms with Gasteiger partial charge in [0.2, 0.25) is 0 Å². The van der Waals surface area contributed by atoms with Crippen LogP contribution < -0.4 is 5.32 Å². The molecule has 1 aliphatic heterocycles. The van der Waals surface area contributed by atoms with Gasteiger partial charge < -0.3 is 9.88 Å². The molecule has 1 aromatic heterocycles. The molecule has 2 aromatic rings. The lowest BCUT2D eigenvalue weighted by Crippen LogP contribution is -2.21. The Kier molecular flexibility index (Phi) is 2.24. The Morgan fingerprint density at radius 1 is 1.22 bits per heavy atom. The molecule has 2 unspecified atom stereocenters. The number of fused-ring (bicyclic) bond motifs is 1. The van der Waals surface area contributed by atoms with E-state index in [1.165, 1.54) is 30.6 Å². The van der Waals surface area contributed by atoms with Gasteiger partial charge in [0.15, 0.2) is 0 Å². The van der Waals surface area contributed by atoms with E-state index < -0.39 is 0 Å². The van der Waals surface area contributed by atoms with Crippen molar-refractivity contribution in [1.29, 1.82) is 0 Å². The molecular weight excluding hydrogens is 222 g/mol. The fraction of sp³-hybridized carbons (Fsp3) is 0.533. The van der Waals surface area contributed by atoms with Gasteiger partial charge in [-0.05, 0) is 43.9 Å². The van der Waals surface area contributed by atoms with Gasteiger partial charge in [-0.3, -0.25) is 0 Å². The van der Waals surface area contributed by atoms with E-state index in [0.717, 1.165) is 12.1 Å². The second-order valence-electron chi connectivity index (χ2n) is 5.76. The van der Waals surface area contributed by atoms with Crippen molar-refractivity contribution in [1.82, 2.24) is 14.9 Å². The highest BCUT2D eigenvalue weighted by Gasteiger charge is 2.34. The Labute approximate surface area is 107 Å². The number of aromatic nitrogens is 2. The molecule has 0 radical (unpaired) electrons. The molecule has 94 valence electrons. The maximum atomic E-state index is 4.91. The summed E-state index contributed by atoms with van der Waals surface area (Å²) in [6, 6.07) is 9.70. The zero-order valence-electron chi connectivity index (χ0n) is 10.8. The highest BCUT2D eigenvalue weighted by atomic mass is 15.2. The molecule has 1 N–H and O–H groups in total. The first-order valence-electron chi connectivity index (χ1n) is 7.05. The van der Waals surface area contributed by atoms with Crippen LogP contribution in [0.15, 0.2) is 24.3 Å². The lowest BCUT2D eigenvalue weighted by atomic mass is 10.0. The molecule has 2 fully saturated rings. The van der Waals surface area contributed by atoms with Crippen LogP contribution in [0.2, 0.25) is 0 Å². The normalized spacial score (nSPS) is 28.1.